The number of aliphatic carboxylic acids is 1. The van der Waals surface area contributed by atoms with E-state index in [9.17, 15) is 9.90 Å². The lowest BCUT2D eigenvalue weighted by molar-refractivity contribution is -0.878. The van der Waals surface area contributed by atoms with Crippen LogP contribution in [0.1, 0.15) is 13.8 Å². The summed E-state index contributed by atoms with van der Waals surface area (Å²) in [4.78, 5) is 10.6. The lowest BCUT2D eigenvalue weighted by Gasteiger charge is -2.25. The third-order valence-electron chi connectivity index (χ3n) is 1.93. The summed E-state index contributed by atoms with van der Waals surface area (Å²) in [6, 6.07) is 0. The summed E-state index contributed by atoms with van der Waals surface area (Å²) >= 11 is 0. The van der Waals surface area contributed by atoms with E-state index < -0.39 is 17.8 Å². The molecule has 0 saturated heterocycles. The van der Waals surface area contributed by atoms with Crippen LogP contribution >= 0.6 is 0 Å². The molecule has 0 saturated carbocycles. The molecular weight excluding hydrogens is 184 g/mol. The van der Waals surface area contributed by atoms with Gasteiger partial charge in [0.2, 0.25) is 0 Å². The first-order valence-electron chi connectivity index (χ1n) is 4.46. The number of rotatable bonds is 4. The van der Waals surface area contributed by atoms with Crippen LogP contribution in [0.15, 0.2) is 5.10 Å². The average molecular weight is 202 g/mol. The normalized spacial score (nSPS) is 17.6. The average Bonchev–Trinajstić information content (AvgIpc) is 1.98. The Morgan fingerprint density at radius 2 is 1.71 bits per heavy atom. The van der Waals surface area contributed by atoms with Gasteiger partial charge in [-0.3, -0.25) is 4.79 Å². The van der Waals surface area contributed by atoms with Crippen LogP contribution < -0.4 is 5.11 Å². The summed E-state index contributed by atoms with van der Waals surface area (Å²) in [6.07, 6.45) is 0. The first kappa shape index (κ1) is 12.9. The van der Waals surface area contributed by atoms with Gasteiger partial charge in [0.15, 0.2) is 0 Å². The van der Waals surface area contributed by atoms with Gasteiger partial charge in [-0.15, -0.1) is 5.10 Å². The number of nitrogens with zero attached hydrogens (tertiary/aromatic N) is 2. The number of hydrogen-bond donors (Lipinski definition) is 1. The van der Waals surface area contributed by atoms with Crippen LogP contribution in [-0.2, 0) is 4.79 Å². The molecule has 0 bridgehead atoms. The Balaban J connectivity index is 4.62. The molecule has 0 fully saturated rings. The van der Waals surface area contributed by atoms with Gasteiger partial charge in [0.05, 0.1) is 27.1 Å². The predicted molar refractivity (Wildman–Crippen MR) is 51.4 cm³/mol. The second-order valence-electron chi connectivity index (χ2n) is 4.30. The van der Waals surface area contributed by atoms with E-state index in [2.05, 4.69) is 5.10 Å². The van der Waals surface area contributed by atoms with Gasteiger partial charge in [-0.2, -0.15) is 0 Å². The Hall–Kier alpha value is -1.10. The van der Waals surface area contributed by atoms with Gasteiger partial charge in [-0.05, 0) is 0 Å². The SMILES string of the molecule is CC(C(=O)O)C(C)/C([O-])=N/[N+](C)(C)C. The fourth-order valence-electron chi connectivity index (χ4n) is 0.814. The summed E-state index contributed by atoms with van der Waals surface area (Å²) in [5.41, 5.74) is 0. The van der Waals surface area contributed by atoms with Crippen LogP contribution in [0.4, 0.5) is 0 Å². The Morgan fingerprint density at radius 3 is 2.00 bits per heavy atom. The Labute approximate surface area is 84.2 Å². The number of carbonyl (C=O) groups is 1. The standard InChI is InChI=1S/C9H18N2O3/c1-6(7(2)9(13)14)8(12)10-11(3,4)5/h6-7H,1-5H3,(H-,10,12,13,14). The monoisotopic (exact) mass is 202 g/mol. The quantitative estimate of drug-likeness (QED) is 0.295. The van der Waals surface area contributed by atoms with E-state index in [1.54, 1.807) is 28.1 Å². The molecule has 0 spiro atoms. The van der Waals surface area contributed by atoms with Crippen molar-refractivity contribution in [1.82, 2.24) is 0 Å². The van der Waals surface area contributed by atoms with Crippen LogP contribution in [0, 0.1) is 11.8 Å². The highest BCUT2D eigenvalue weighted by Gasteiger charge is 2.21. The van der Waals surface area contributed by atoms with E-state index in [1.165, 1.54) is 6.92 Å². The summed E-state index contributed by atoms with van der Waals surface area (Å²) in [7, 11) is 5.24. The van der Waals surface area contributed by atoms with Crippen molar-refractivity contribution in [2.45, 2.75) is 13.8 Å². The summed E-state index contributed by atoms with van der Waals surface area (Å²) in [5.74, 6) is -2.61. The number of carboxylic acid groups (broad SMARTS) is 1. The molecule has 0 amide bonds. The van der Waals surface area contributed by atoms with Crippen molar-refractivity contribution in [2.75, 3.05) is 21.1 Å². The maximum absolute atomic E-state index is 11.5. The number of hydrogen-bond acceptors (Lipinski definition) is 3. The van der Waals surface area contributed by atoms with Crippen LogP contribution in [0.2, 0.25) is 0 Å². The van der Waals surface area contributed by atoms with Crippen LogP contribution in [-0.4, -0.2) is 42.7 Å². The molecule has 0 radical (unpaired) electrons. The van der Waals surface area contributed by atoms with Crippen molar-refractivity contribution in [1.29, 1.82) is 0 Å². The molecule has 0 aliphatic heterocycles. The van der Waals surface area contributed by atoms with E-state index in [-0.39, 0.29) is 10.5 Å². The molecule has 2 unspecified atom stereocenters. The molecule has 0 aromatic rings. The largest absolute Gasteiger partial charge is 0.858 e. The van der Waals surface area contributed by atoms with Crippen LogP contribution in [0.25, 0.3) is 0 Å². The van der Waals surface area contributed by atoms with E-state index >= 15 is 0 Å². The minimum absolute atomic E-state index is 0.162. The van der Waals surface area contributed by atoms with Gasteiger partial charge in [-0.1, -0.05) is 13.8 Å². The Kier molecular flexibility index (Phi) is 4.07. The van der Waals surface area contributed by atoms with Gasteiger partial charge in [0, 0.05) is 11.8 Å². The Morgan fingerprint density at radius 1 is 1.29 bits per heavy atom. The second-order valence-corrected chi connectivity index (χ2v) is 4.30. The van der Waals surface area contributed by atoms with Gasteiger partial charge in [-0.25, -0.2) is 4.59 Å². The van der Waals surface area contributed by atoms with Crippen molar-refractivity contribution in [2.24, 2.45) is 16.9 Å². The highest BCUT2D eigenvalue weighted by molar-refractivity contribution is 5.81. The molecule has 14 heavy (non-hydrogen) atoms. The van der Waals surface area contributed by atoms with E-state index in [1.807, 2.05) is 0 Å². The molecule has 0 heterocycles. The smallest absolute Gasteiger partial charge is 0.306 e. The molecule has 5 heteroatoms. The minimum atomic E-state index is -0.970. The molecule has 1 N–H and O–H groups in total. The second kappa shape index (κ2) is 4.41. The fourth-order valence-corrected chi connectivity index (χ4v) is 0.814. The first-order valence-corrected chi connectivity index (χ1v) is 4.46. The third kappa shape index (κ3) is 4.23. The summed E-state index contributed by atoms with van der Waals surface area (Å²) < 4.78 is 0.162. The van der Waals surface area contributed by atoms with Gasteiger partial charge < -0.3 is 10.2 Å². The molecule has 0 rings (SSSR count). The molecule has 0 aromatic heterocycles. The van der Waals surface area contributed by atoms with E-state index in [4.69, 9.17) is 5.11 Å². The zero-order valence-corrected chi connectivity index (χ0v) is 9.31. The van der Waals surface area contributed by atoms with E-state index in [0.29, 0.717) is 0 Å². The van der Waals surface area contributed by atoms with Gasteiger partial charge in [0.25, 0.3) is 0 Å². The van der Waals surface area contributed by atoms with E-state index in [0.717, 1.165) is 0 Å². The zero-order chi connectivity index (χ0) is 11.5. The first-order chi connectivity index (χ1) is 6.15. The molecule has 5 nitrogen and oxygen atoms in total. The minimum Gasteiger partial charge on any atom is -0.858 e. The zero-order valence-electron chi connectivity index (χ0n) is 9.31. The fraction of sp³-hybridized carbons (Fsp3) is 0.778. The number of quaternary nitrogens is 1. The Bertz CT molecular complexity index is 243. The molecular formula is C9H18N2O3. The van der Waals surface area contributed by atoms with Crippen molar-refractivity contribution >= 4 is 11.9 Å². The van der Waals surface area contributed by atoms with Crippen molar-refractivity contribution in [3.63, 3.8) is 0 Å². The van der Waals surface area contributed by atoms with Gasteiger partial charge in [0.1, 0.15) is 0 Å². The van der Waals surface area contributed by atoms with Crippen LogP contribution in [0.3, 0.4) is 0 Å². The predicted octanol–water partition coefficient (Wildman–Crippen LogP) is -0.277. The summed E-state index contributed by atoms with van der Waals surface area (Å²) in [6.45, 7) is 3.09. The van der Waals surface area contributed by atoms with Crippen LogP contribution in [0.5, 0.6) is 0 Å². The van der Waals surface area contributed by atoms with Crippen molar-refractivity contribution in [3.05, 3.63) is 0 Å². The van der Waals surface area contributed by atoms with Crippen molar-refractivity contribution < 1.29 is 19.6 Å². The maximum atomic E-state index is 11.5. The highest BCUT2D eigenvalue weighted by atomic mass is 16.4. The molecule has 0 aromatic carbocycles. The molecule has 0 aliphatic rings. The molecule has 0 aliphatic carbocycles. The third-order valence-corrected chi connectivity index (χ3v) is 1.93. The maximum Gasteiger partial charge on any atom is 0.306 e. The van der Waals surface area contributed by atoms with Gasteiger partial charge >= 0.3 is 5.97 Å². The molecule has 82 valence electrons. The molecule has 2 atom stereocenters. The topological polar surface area (TPSA) is 72.7 Å². The number of carboxylic acids is 1. The lowest BCUT2D eigenvalue weighted by atomic mass is 9.96. The summed E-state index contributed by atoms with van der Waals surface area (Å²) in [5, 5.41) is 24.0. The lowest BCUT2D eigenvalue weighted by Crippen LogP contribution is -2.39. The van der Waals surface area contributed by atoms with Crippen molar-refractivity contribution in [3.8, 4) is 0 Å². The highest BCUT2D eigenvalue weighted by Crippen LogP contribution is 2.11.